The maximum absolute atomic E-state index is 12.9. The molecule has 8 nitrogen and oxygen atoms in total. The number of nitrogens with two attached hydrogens (primary N) is 1. The summed E-state index contributed by atoms with van der Waals surface area (Å²) in [5.41, 5.74) is 7.54. The lowest BCUT2D eigenvalue weighted by molar-refractivity contribution is -0.384. The number of nitro groups is 1. The summed E-state index contributed by atoms with van der Waals surface area (Å²) in [7, 11) is 0. The number of fused-ring (bicyclic) bond motifs is 1. The molecule has 0 bridgehead atoms. The number of carbonyl (C=O) groups excluding carboxylic acids is 2. The standard InChI is InChI=1S/C21H24N4O4S/c1-12-4-6-14-17(10-12)30-21(18(14)19(22)26)23-20(27)13-5-7-15(16(11-13)25(28)29)24-8-2-3-9-24/h5,7,11-12H,2-4,6,8-10H2,1H3,(H2,22,26)(H,23,27)/t12-/m0/s1. The minimum absolute atomic E-state index is 0.0843. The van der Waals surface area contributed by atoms with Crippen molar-refractivity contribution in [3.63, 3.8) is 0 Å². The van der Waals surface area contributed by atoms with Crippen molar-refractivity contribution in [1.82, 2.24) is 0 Å². The molecule has 1 saturated heterocycles. The van der Waals surface area contributed by atoms with Gasteiger partial charge >= 0.3 is 0 Å². The molecule has 1 aromatic carbocycles. The van der Waals surface area contributed by atoms with Crippen molar-refractivity contribution in [3.8, 4) is 0 Å². The van der Waals surface area contributed by atoms with Gasteiger partial charge in [0.1, 0.15) is 10.7 Å². The van der Waals surface area contributed by atoms with Crippen LogP contribution in [0.2, 0.25) is 0 Å². The van der Waals surface area contributed by atoms with Crippen LogP contribution in [0.4, 0.5) is 16.4 Å². The summed E-state index contributed by atoms with van der Waals surface area (Å²) in [6.07, 6.45) is 4.58. The Balaban J connectivity index is 1.64. The SMILES string of the molecule is C[C@H]1CCc2c(sc(NC(=O)c3ccc(N4CCCC4)c([N+](=O)[O-])c3)c2C(N)=O)C1. The van der Waals surface area contributed by atoms with Gasteiger partial charge in [-0.1, -0.05) is 6.92 Å². The molecule has 4 rings (SSSR count). The first-order chi connectivity index (χ1) is 14.3. The fraction of sp³-hybridized carbons (Fsp3) is 0.429. The minimum Gasteiger partial charge on any atom is -0.366 e. The number of hydrogen-bond donors (Lipinski definition) is 2. The first kappa shape index (κ1) is 20.3. The quantitative estimate of drug-likeness (QED) is 0.556. The number of nitrogens with one attached hydrogen (secondary N) is 1. The average molecular weight is 429 g/mol. The van der Waals surface area contributed by atoms with E-state index in [1.165, 1.54) is 17.4 Å². The summed E-state index contributed by atoms with van der Waals surface area (Å²) in [5, 5.41) is 14.8. The number of amides is 2. The van der Waals surface area contributed by atoms with Crippen molar-refractivity contribution >= 4 is 39.5 Å². The summed E-state index contributed by atoms with van der Waals surface area (Å²) >= 11 is 1.38. The zero-order valence-electron chi connectivity index (χ0n) is 16.8. The molecule has 0 unspecified atom stereocenters. The highest BCUT2D eigenvalue weighted by atomic mass is 32.1. The van der Waals surface area contributed by atoms with E-state index in [9.17, 15) is 19.7 Å². The van der Waals surface area contributed by atoms with Crippen molar-refractivity contribution in [2.24, 2.45) is 11.7 Å². The van der Waals surface area contributed by atoms with E-state index in [1.807, 2.05) is 4.90 Å². The first-order valence-electron chi connectivity index (χ1n) is 10.1. The number of hydrogen-bond acceptors (Lipinski definition) is 6. The first-order valence-corrected chi connectivity index (χ1v) is 11.0. The molecule has 0 spiro atoms. The summed E-state index contributed by atoms with van der Waals surface area (Å²) in [4.78, 5) is 39.2. The van der Waals surface area contributed by atoms with Crippen LogP contribution in [0.15, 0.2) is 18.2 Å². The number of thiophene rings is 1. The van der Waals surface area contributed by atoms with Gasteiger partial charge in [0, 0.05) is 29.6 Å². The molecule has 0 saturated carbocycles. The van der Waals surface area contributed by atoms with Crippen LogP contribution in [0.1, 0.15) is 57.3 Å². The Kier molecular flexibility index (Phi) is 5.46. The van der Waals surface area contributed by atoms with Gasteiger partial charge in [0.25, 0.3) is 17.5 Å². The topological polar surface area (TPSA) is 119 Å². The van der Waals surface area contributed by atoms with Crippen LogP contribution in [0.3, 0.4) is 0 Å². The Morgan fingerprint density at radius 1 is 1.30 bits per heavy atom. The second-order valence-electron chi connectivity index (χ2n) is 8.03. The summed E-state index contributed by atoms with van der Waals surface area (Å²) in [6.45, 7) is 3.70. The van der Waals surface area contributed by atoms with Gasteiger partial charge in [0.2, 0.25) is 0 Å². The second kappa shape index (κ2) is 8.06. The van der Waals surface area contributed by atoms with E-state index >= 15 is 0 Å². The summed E-state index contributed by atoms with van der Waals surface area (Å²) in [6, 6.07) is 4.53. The average Bonchev–Trinajstić information content (AvgIpc) is 3.34. The number of nitrogens with zero attached hydrogens (tertiary/aromatic N) is 2. The molecule has 30 heavy (non-hydrogen) atoms. The fourth-order valence-corrected chi connectivity index (χ4v) is 5.72. The van der Waals surface area contributed by atoms with E-state index in [-0.39, 0.29) is 11.3 Å². The molecular formula is C21H24N4O4S. The van der Waals surface area contributed by atoms with Gasteiger partial charge in [-0.25, -0.2) is 0 Å². The van der Waals surface area contributed by atoms with Gasteiger partial charge < -0.3 is 16.0 Å². The fourth-order valence-electron chi connectivity index (χ4n) is 4.31. The molecule has 2 heterocycles. The Morgan fingerprint density at radius 2 is 2.03 bits per heavy atom. The Hall–Kier alpha value is -2.94. The molecule has 158 valence electrons. The van der Waals surface area contributed by atoms with Crippen molar-refractivity contribution in [2.45, 2.75) is 39.0 Å². The van der Waals surface area contributed by atoms with E-state index in [2.05, 4.69) is 12.2 Å². The van der Waals surface area contributed by atoms with Crippen LogP contribution in [0.5, 0.6) is 0 Å². The molecular weight excluding hydrogens is 404 g/mol. The number of nitro benzene ring substituents is 1. The molecule has 0 radical (unpaired) electrons. The number of carbonyl (C=O) groups is 2. The third-order valence-corrected chi connectivity index (χ3v) is 7.04. The number of rotatable bonds is 5. The van der Waals surface area contributed by atoms with Gasteiger partial charge in [0.15, 0.2) is 0 Å². The van der Waals surface area contributed by atoms with Gasteiger partial charge in [-0.15, -0.1) is 11.3 Å². The Labute approximate surface area is 178 Å². The number of benzene rings is 1. The van der Waals surface area contributed by atoms with Gasteiger partial charge in [0.05, 0.1) is 10.5 Å². The third-order valence-electron chi connectivity index (χ3n) is 5.87. The van der Waals surface area contributed by atoms with E-state index in [0.29, 0.717) is 22.2 Å². The highest BCUT2D eigenvalue weighted by Gasteiger charge is 2.28. The van der Waals surface area contributed by atoms with Crippen LogP contribution >= 0.6 is 11.3 Å². The second-order valence-corrected chi connectivity index (χ2v) is 9.13. The maximum Gasteiger partial charge on any atom is 0.293 e. The molecule has 1 atom stereocenters. The molecule has 3 N–H and O–H groups in total. The lowest BCUT2D eigenvalue weighted by atomic mass is 9.88. The van der Waals surface area contributed by atoms with Crippen molar-refractivity contribution in [3.05, 3.63) is 49.9 Å². The lowest BCUT2D eigenvalue weighted by Gasteiger charge is -2.18. The Morgan fingerprint density at radius 3 is 2.70 bits per heavy atom. The molecule has 1 aliphatic heterocycles. The summed E-state index contributed by atoms with van der Waals surface area (Å²) in [5.74, 6) is -0.533. The highest BCUT2D eigenvalue weighted by Crippen LogP contribution is 2.40. The molecule has 1 aliphatic carbocycles. The zero-order chi connectivity index (χ0) is 21.4. The van der Waals surface area contributed by atoms with Crippen LogP contribution in [0, 0.1) is 16.0 Å². The van der Waals surface area contributed by atoms with E-state index in [1.54, 1.807) is 12.1 Å². The van der Waals surface area contributed by atoms with Crippen LogP contribution in [0.25, 0.3) is 0 Å². The molecule has 2 aromatic rings. The third kappa shape index (κ3) is 3.77. The zero-order valence-corrected chi connectivity index (χ0v) is 17.6. The maximum atomic E-state index is 12.9. The van der Waals surface area contributed by atoms with Crippen molar-refractivity contribution in [2.75, 3.05) is 23.3 Å². The predicted octanol–water partition coefficient (Wildman–Crippen LogP) is 3.73. The molecule has 9 heteroatoms. The van der Waals surface area contributed by atoms with Crippen molar-refractivity contribution in [1.29, 1.82) is 0 Å². The van der Waals surface area contributed by atoms with E-state index in [0.717, 1.165) is 55.6 Å². The molecule has 2 aliphatic rings. The van der Waals surface area contributed by atoms with Crippen LogP contribution in [-0.4, -0.2) is 29.8 Å². The van der Waals surface area contributed by atoms with Gasteiger partial charge in [-0.2, -0.15) is 0 Å². The van der Waals surface area contributed by atoms with Crippen LogP contribution in [-0.2, 0) is 12.8 Å². The molecule has 1 fully saturated rings. The minimum atomic E-state index is -0.562. The lowest BCUT2D eigenvalue weighted by Crippen LogP contribution is -2.20. The smallest absolute Gasteiger partial charge is 0.293 e. The molecule has 2 amide bonds. The van der Waals surface area contributed by atoms with Gasteiger partial charge in [-0.05, 0) is 55.7 Å². The monoisotopic (exact) mass is 428 g/mol. The highest BCUT2D eigenvalue weighted by molar-refractivity contribution is 7.17. The van der Waals surface area contributed by atoms with Gasteiger partial charge in [-0.3, -0.25) is 19.7 Å². The largest absolute Gasteiger partial charge is 0.366 e. The van der Waals surface area contributed by atoms with E-state index in [4.69, 9.17) is 5.73 Å². The van der Waals surface area contributed by atoms with E-state index < -0.39 is 16.7 Å². The number of primary amides is 1. The summed E-state index contributed by atoms with van der Waals surface area (Å²) < 4.78 is 0. The predicted molar refractivity (Wildman–Crippen MR) is 117 cm³/mol. The Bertz CT molecular complexity index is 1030. The van der Waals surface area contributed by atoms with Crippen molar-refractivity contribution < 1.29 is 14.5 Å². The normalized spacial score (nSPS) is 18.2. The number of anilines is 2. The molecule has 1 aromatic heterocycles. The van der Waals surface area contributed by atoms with Crippen LogP contribution < -0.4 is 16.0 Å².